The topological polar surface area (TPSA) is 72.9 Å². The highest BCUT2D eigenvalue weighted by molar-refractivity contribution is 5.83. The van der Waals surface area contributed by atoms with Gasteiger partial charge in [0.05, 0.1) is 0 Å². The maximum absolute atomic E-state index is 11.8. The predicted octanol–water partition coefficient (Wildman–Crippen LogP) is 0.585. The zero-order chi connectivity index (χ0) is 13.7. The van der Waals surface area contributed by atoms with Crippen LogP contribution in [0.25, 0.3) is 0 Å². The number of rotatable bonds is 5. The monoisotopic (exact) mass is 257 g/mol. The molecule has 0 saturated carbocycles. The quantitative estimate of drug-likeness (QED) is 0.756. The number of carboxylic acids is 1. The summed E-state index contributed by atoms with van der Waals surface area (Å²) in [5.74, 6) is -0.915. The van der Waals surface area contributed by atoms with E-state index in [1.807, 2.05) is 7.05 Å². The van der Waals surface area contributed by atoms with Crippen molar-refractivity contribution in [2.75, 3.05) is 26.7 Å². The van der Waals surface area contributed by atoms with Gasteiger partial charge in [0.2, 0.25) is 0 Å². The molecule has 6 nitrogen and oxygen atoms in total. The van der Waals surface area contributed by atoms with E-state index >= 15 is 0 Å². The number of hydrogen-bond donors (Lipinski definition) is 2. The Kier molecular flexibility index (Phi) is 5.40. The van der Waals surface area contributed by atoms with Gasteiger partial charge in [-0.15, -0.1) is 0 Å². The van der Waals surface area contributed by atoms with E-state index in [1.54, 1.807) is 0 Å². The van der Waals surface area contributed by atoms with Crippen molar-refractivity contribution in [1.29, 1.82) is 0 Å². The van der Waals surface area contributed by atoms with Crippen LogP contribution in [0.3, 0.4) is 0 Å². The molecule has 2 N–H and O–H groups in total. The first kappa shape index (κ1) is 14.8. The molecule has 0 aromatic rings. The van der Waals surface area contributed by atoms with Crippen LogP contribution in [0, 0.1) is 0 Å². The van der Waals surface area contributed by atoms with Gasteiger partial charge in [-0.2, -0.15) is 0 Å². The molecule has 1 aliphatic heterocycles. The standard InChI is InChI=1S/C12H23N3O3/c1-9(2)14(3)8-6-13-12(18)15-7-4-5-10(15)11(16)17/h9-10H,4-8H2,1-3H3,(H,13,18)(H,16,17)/t10-/m1/s1. The first-order valence-electron chi connectivity index (χ1n) is 6.41. The molecule has 1 saturated heterocycles. The third-order valence-electron chi connectivity index (χ3n) is 3.42. The molecule has 1 rings (SSSR count). The number of carbonyl (C=O) groups is 2. The van der Waals surface area contributed by atoms with Gasteiger partial charge in [-0.1, -0.05) is 0 Å². The Labute approximate surface area is 108 Å². The number of nitrogens with one attached hydrogen (secondary N) is 1. The Morgan fingerprint density at radius 2 is 2.17 bits per heavy atom. The summed E-state index contributed by atoms with van der Waals surface area (Å²) in [5, 5.41) is 11.8. The number of urea groups is 1. The summed E-state index contributed by atoms with van der Waals surface area (Å²) in [6, 6.07) is -0.495. The number of aliphatic carboxylic acids is 1. The summed E-state index contributed by atoms with van der Waals surface area (Å²) in [6.45, 7) is 6.00. The molecule has 18 heavy (non-hydrogen) atoms. The molecule has 0 aromatic heterocycles. The number of likely N-dealkylation sites (tertiary alicyclic amines) is 1. The smallest absolute Gasteiger partial charge is 0.326 e. The zero-order valence-electron chi connectivity index (χ0n) is 11.3. The average Bonchev–Trinajstić information content (AvgIpc) is 2.77. The second-order valence-corrected chi connectivity index (χ2v) is 5.00. The molecule has 0 bridgehead atoms. The SMILES string of the molecule is CC(C)N(C)CCNC(=O)N1CCC[C@@H]1C(=O)O. The third-order valence-corrected chi connectivity index (χ3v) is 3.42. The normalized spacial score (nSPS) is 19.6. The summed E-state index contributed by atoms with van der Waals surface area (Å²) >= 11 is 0. The van der Waals surface area contributed by atoms with Gasteiger partial charge in [0, 0.05) is 25.7 Å². The van der Waals surface area contributed by atoms with Crippen molar-refractivity contribution in [3.63, 3.8) is 0 Å². The van der Waals surface area contributed by atoms with E-state index in [-0.39, 0.29) is 6.03 Å². The Balaban J connectivity index is 2.34. The number of nitrogens with zero attached hydrogens (tertiary/aromatic N) is 2. The van der Waals surface area contributed by atoms with Crippen LogP contribution in [0.4, 0.5) is 4.79 Å². The Hall–Kier alpha value is -1.30. The maximum Gasteiger partial charge on any atom is 0.326 e. The molecular weight excluding hydrogens is 234 g/mol. The Morgan fingerprint density at radius 3 is 2.72 bits per heavy atom. The molecule has 1 aliphatic rings. The molecule has 0 aliphatic carbocycles. The van der Waals surface area contributed by atoms with E-state index in [2.05, 4.69) is 24.1 Å². The lowest BCUT2D eigenvalue weighted by atomic mass is 10.2. The predicted molar refractivity (Wildman–Crippen MR) is 68.5 cm³/mol. The molecule has 1 atom stereocenters. The van der Waals surface area contributed by atoms with E-state index in [0.29, 0.717) is 25.6 Å². The fraction of sp³-hybridized carbons (Fsp3) is 0.833. The van der Waals surface area contributed by atoms with E-state index in [0.717, 1.165) is 13.0 Å². The largest absolute Gasteiger partial charge is 0.480 e. The second kappa shape index (κ2) is 6.58. The number of carboxylic acid groups (broad SMARTS) is 1. The van der Waals surface area contributed by atoms with E-state index in [1.165, 1.54) is 4.90 Å². The molecule has 0 unspecified atom stereocenters. The van der Waals surface area contributed by atoms with Crippen LogP contribution < -0.4 is 5.32 Å². The summed E-state index contributed by atoms with van der Waals surface area (Å²) in [6.07, 6.45) is 1.31. The minimum atomic E-state index is -0.915. The van der Waals surface area contributed by atoms with Crippen LogP contribution >= 0.6 is 0 Å². The third kappa shape index (κ3) is 3.87. The Morgan fingerprint density at radius 1 is 1.50 bits per heavy atom. The molecule has 6 heteroatoms. The first-order valence-corrected chi connectivity index (χ1v) is 6.41. The van der Waals surface area contributed by atoms with Crippen molar-refractivity contribution in [1.82, 2.24) is 15.1 Å². The van der Waals surface area contributed by atoms with Gasteiger partial charge in [0.1, 0.15) is 6.04 Å². The lowest BCUT2D eigenvalue weighted by Gasteiger charge is -2.24. The van der Waals surface area contributed by atoms with Crippen LogP contribution in [-0.4, -0.2) is 65.7 Å². The minimum Gasteiger partial charge on any atom is -0.480 e. The zero-order valence-corrected chi connectivity index (χ0v) is 11.3. The summed E-state index contributed by atoms with van der Waals surface area (Å²) in [4.78, 5) is 26.3. The molecule has 0 spiro atoms. The van der Waals surface area contributed by atoms with Gasteiger partial charge in [0.25, 0.3) is 0 Å². The van der Waals surface area contributed by atoms with Crippen LogP contribution in [0.5, 0.6) is 0 Å². The van der Waals surface area contributed by atoms with Crippen molar-refractivity contribution in [3.05, 3.63) is 0 Å². The maximum atomic E-state index is 11.8. The fourth-order valence-electron chi connectivity index (χ4n) is 1.97. The number of hydrogen-bond acceptors (Lipinski definition) is 3. The molecule has 1 heterocycles. The fourth-order valence-corrected chi connectivity index (χ4v) is 1.97. The number of likely N-dealkylation sites (N-methyl/N-ethyl adjacent to an activating group) is 1. The van der Waals surface area contributed by atoms with Crippen LogP contribution in [0.2, 0.25) is 0 Å². The van der Waals surface area contributed by atoms with E-state index in [9.17, 15) is 9.59 Å². The van der Waals surface area contributed by atoms with Gasteiger partial charge in [-0.3, -0.25) is 0 Å². The highest BCUT2D eigenvalue weighted by Gasteiger charge is 2.33. The van der Waals surface area contributed by atoms with Crippen LogP contribution in [0.15, 0.2) is 0 Å². The van der Waals surface area contributed by atoms with Crippen LogP contribution in [-0.2, 0) is 4.79 Å². The van der Waals surface area contributed by atoms with Crippen molar-refractivity contribution in [3.8, 4) is 0 Å². The van der Waals surface area contributed by atoms with Crippen molar-refractivity contribution < 1.29 is 14.7 Å². The van der Waals surface area contributed by atoms with Gasteiger partial charge in [-0.25, -0.2) is 9.59 Å². The first-order chi connectivity index (χ1) is 8.43. The lowest BCUT2D eigenvalue weighted by molar-refractivity contribution is -0.141. The number of amides is 2. The molecule has 1 fully saturated rings. The average molecular weight is 257 g/mol. The van der Waals surface area contributed by atoms with Crippen molar-refractivity contribution >= 4 is 12.0 Å². The molecule has 104 valence electrons. The van der Waals surface area contributed by atoms with Crippen molar-refractivity contribution in [2.24, 2.45) is 0 Å². The molecular formula is C12H23N3O3. The van der Waals surface area contributed by atoms with Crippen LogP contribution in [0.1, 0.15) is 26.7 Å². The van der Waals surface area contributed by atoms with E-state index in [4.69, 9.17) is 5.11 Å². The highest BCUT2D eigenvalue weighted by Crippen LogP contribution is 2.17. The molecule has 2 amide bonds. The second-order valence-electron chi connectivity index (χ2n) is 5.00. The highest BCUT2D eigenvalue weighted by atomic mass is 16.4. The molecule has 0 aromatic carbocycles. The summed E-state index contributed by atoms with van der Waals surface area (Å²) < 4.78 is 0. The van der Waals surface area contributed by atoms with Crippen molar-refractivity contribution in [2.45, 2.75) is 38.8 Å². The van der Waals surface area contributed by atoms with E-state index < -0.39 is 12.0 Å². The Bertz CT molecular complexity index is 307. The summed E-state index contributed by atoms with van der Waals surface area (Å²) in [5.41, 5.74) is 0. The van der Waals surface area contributed by atoms with Gasteiger partial charge < -0.3 is 20.2 Å². The lowest BCUT2D eigenvalue weighted by Crippen LogP contribution is -2.47. The molecule has 0 radical (unpaired) electrons. The summed E-state index contributed by atoms with van der Waals surface area (Å²) in [7, 11) is 1.99. The van der Waals surface area contributed by atoms with Gasteiger partial charge >= 0.3 is 12.0 Å². The van der Waals surface area contributed by atoms with Gasteiger partial charge in [0.15, 0.2) is 0 Å². The number of carbonyl (C=O) groups excluding carboxylic acids is 1. The minimum absolute atomic E-state index is 0.267. The van der Waals surface area contributed by atoms with Gasteiger partial charge in [-0.05, 0) is 33.7 Å².